The van der Waals surface area contributed by atoms with Crippen molar-refractivity contribution < 1.29 is 22.4 Å². The number of nitrogens with two attached hydrogens (primary N) is 1. The third-order valence-corrected chi connectivity index (χ3v) is 6.87. The van der Waals surface area contributed by atoms with Gasteiger partial charge in [-0.1, -0.05) is 6.07 Å². The molecule has 0 radical (unpaired) electrons. The maximum absolute atomic E-state index is 13.0. The van der Waals surface area contributed by atoms with Crippen LogP contribution in [0.15, 0.2) is 40.8 Å². The van der Waals surface area contributed by atoms with Gasteiger partial charge in [-0.05, 0) is 51.1 Å². The minimum absolute atomic E-state index is 0.202. The lowest BCUT2D eigenvalue weighted by Gasteiger charge is -2.34. The van der Waals surface area contributed by atoms with Crippen LogP contribution in [0.3, 0.4) is 0 Å². The Morgan fingerprint density at radius 3 is 2.52 bits per heavy atom. The Bertz CT molecular complexity index is 1270. The molecule has 1 aliphatic rings. The Hall–Kier alpha value is -3.18. The van der Waals surface area contributed by atoms with Crippen molar-refractivity contribution in [3.8, 4) is 11.5 Å². The van der Waals surface area contributed by atoms with E-state index in [1.165, 1.54) is 9.21 Å². The molecular formula is C22H27N5O5S. The van der Waals surface area contributed by atoms with Gasteiger partial charge in [0.2, 0.25) is 15.9 Å². The van der Waals surface area contributed by atoms with Crippen molar-refractivity contribution in [2.75, 3.05) is 31.9 Å². The van der Waals surface area contributed by atoms with Crippen molar-refractivity contribution in [3.63, 3.8) is 0 Å². The third-order valence-electron chi connectivity index (χ3n) is 5.06. The summed E-state index contributed by atoms with van der Waals surface area (Å²) in [5.74, 6) is 0.0960. The minimum Gasteiger partial charge on any atom is -0.444 e. The fourth-order valence-corrected chi connectivity index (χ4v) is 4.92. The number of amides is 1. The van der Waals surface area contributed by atoms with Gasteiger partial charge >= 0.3 is 6.09 Å². The van der Waals surface area contributed by atoms with Crippen molar-refractivity contribution in [2.45, 2.75) is 32.1 Å². The van der Waals surface area contributed by atoms with Gasteiger partial charge in [0.25, 0.3) is 0 Å². The van der Waals surface area contributed by atoms with Gasteiger partial charge in [0.05, 0.1) is 5.69 Å². The zero-order chi connectivity index (χ0) is 23.8. The summed E-state index contributed by atoms with van der Waals surface area (Å²) in [6, 6.07) is 10.4. The van der Waals surface area contributed by atoms with E-state index in [1.807, 2.05) is 6.07 Å². The monoisotopic (exact) mass is 473 g/mol. The Kier molecular flexibility index (Phi) is 6.02. The first-order valence-corrected chi connectivity index (χ1v) is 12.2. The molecule has 1 saturated heterocycles. The van der Waals surface area contributed by atoms with Crippen LogP contribution in [0.5, 0.6) is 0 Å². The highest BCUT2D eigenvalue weighted by molar-refractivity contribution is 7.88. The number of nitrogen functional groups attached to an aromatic ring is 1. The smallest absolute Gasteiger partial charge is 0.410 e. The van der Waals surface area contributed by atoms with Gasteiger partial charge in [0.15, 0.2) is 11.2 Å². The number of sulfonamides is 1. The lowest BCUT2D eigenvalue weighted by Crippen LogP contribution is -2.51. The molecule has 2 N–H and O–H groups in total. The molecular weight excluding hydrogens is 446 g/mol. The number of pyridine rings is 1. The van der Waals surface area contributed by atoms with Crippen molar-refractivity contribution in [1.29, 1.82) is 0 Å². The number of aromatic nitrogens is 2. The number of carbonyl (C=O) groups excluding carboxylic acids is 1. The summed E-state index contributed by atoms with van der Waals surface area (Å²) in [5.41, 5.74) is 7.67. The van der Waals surface area contributed by atoms with E-state index in [2.05, 4.69) is 9.97 Å². The van der Waals surface area contributed by atoms with Crippen LogP contribution in [0.1, 0.15) is 26.5 Å². The SMILES string of the molecule is CC(C)(C)OC(=O)N1CCN(S(=O)(=O)Cc2ccc3oc(-c4cccc(N)c4)nc3n2)CC1. The first-order chi connectivity index (χ1) is 15.5. The van der Waals surface area contributed by atoms with Gasteiger partial charge in [0.1, 0.15) is 11.4 Å². The Labute approximate surface area is 192 Å². The number of benzene rings is 1. The van der Waals surface area contributed by atoms with E-state index in [-0.39, 0.29) is 31.9 Å². The summed E-state index contributed by atoms with van der Waals surface area (Å²) in [6.07, 6.45) is -0.436. The average molecular weight is 474 g/mol. The molecule has 1 fully saturated rings. The van der Waals surface area contributed by atoms with Gasteiger partial charge in [-0.25, -0.2) is 18.2 Å². The summed E-state index contributed by atoms with van der Waals surface area (Å²) in [7, 11) is -3.62. The van der Waals surface area contributed by atoms with Gasteiger partial charge < -0.3 is 19.8 Å². The molecule has 11 heteroatoms. The quantitative estimate of drug-likeness (QED) is 0.572. The van der Waals surface area contributed by atoms with Gasteiger partial charge in [-0.15, -0.1) is 0 Å². The van der Waals surface area contributed by atoms with Crippen LogP contribution in [0, 0.1) is 0 Å². The standard InChI is InChI=1S/C22H27N5O5S/c1-22(2,3)32-21(28)26-9-11-27(12-10-26)33(29,30)14-17-7-8-18-19(24-17)25-20(31-18)15-5-4-6-16(23)13-15/h4-8,13H,9-12,14,23H2,1-3H3. The Balaban J connectivity index is 1.44. The highest BCUT2D eigenvalue weighted by Crippen LogP contribution is 2.25. The maximum Gasteiger partial charge on any atom is 0.410 e. The zero-order valence-electron chi connectivity index (χ0n) is 18.8. The highest BCUT2D eigenvalue weighted by atomic mass is 32.2. The molecule has 176 valence electrons. The lowest BCUT2D eigenvalue weighted by atomic mass is 10.2. The molecule has 0 spiro atoms. The Morgan fingerprint density at radius 2 is 1.85 bits per heavy atom. The van der Waals surface area contributed by atoms with Crippen LogP contribution < -0.4 is 5.73 Å². The first-order valence-electron chi connectivity index (χ1n) is 10.6. The summed E-state index contributed by atoms with van der Waals surface area (Å²) in [6.45, 7) is 6.33. The molecule has 0 unspecified atom stereocenters. The fraction of sp³-hybridized carbons (Fsp3) is 0.409. The number of fused-ring (bicyclic) bond motifs is 1. The molecule has 0 saturated carbocycles. The second kappa shape index (κ2) is 8.64. The number of piperazine rings is 1. The number of hydrogen-bond acceptors (Lipinski definition) is 8. The van der Waals surface area contributed by atoms with Crippen molar-refractivity contribution >= 4 is 33.0 Å². The molecule has 3 heterocycles. The normalized spacial score (nSPS) is 15.7. The largest absolute Gasteiger partial charge is 0.444 e. The van der Waals surface area contributed by atoms with Gasteiger partial charge in [-0.2, -0.15) is 9.29 Å². The summed E-state index contributed by atoms with van der Waals surface area (Å²) < 4.78 is 38.4. The topological polar surface area (TPSA) is 132 Å². The molecule has 33 heavy (non-hydrogen) atoms. The number of anilines is 1. The average Bonchev–Trinajstić information content (AvgIpc) is 3.16. The maximum atomic E-state index is 13.0. The summed E-state index contributed by atoms with van der Waals surface area (Å²) >= 11 is 0. The van der Waals surface area contributed by atoms with E-state index in [9.17, 15) is 13.2 Å². The number of nitrogens with zero attached hydrogens (tertiary/aromatic N) is 4. The summed E-state index contributed by atoms with van der Waals surface area (Å²) in [4.78, 5) is 22.5. The number of rotatable bonds is 4. The highest BCUT2D eigenvalue weighted by Gasteiger charge is 2.31. The van der Waals surface area contributed by atoms with E-state index in [0.29, 0.717) is 34.1 Å². The first kappa shape index (κ1) is 23.0. The van der Waals surface area contributed by atoms with E-state index in [1.54, 1.807) is 51.1 Å². The van der Waals surface area contributed by atoms with E-state index in [4.69, 9.17) is 14.9 Å². The molecule has 3 aromatic rings. The van der Waals surface area contributed by atoms with E-state index in [0.717, 1.165) is 0 Å². The third kappa shape index (κ3) is 5.42. The lowest BCUT2D eigenvalue weighted by molar-refractivity contribution is 0.0192. The predicted octanol–water partition coefficient (Wildman–Crippen LogP) is 2.85. The molecule has 4 rings (SSSR count). The molecule has 1 amide bonds. The minimum atomic E-state index is -3.62. The fourth-order valence-electron chi connectivity index (χ4n) is 3.49. The molecule has 0 atom stereocenters. The van der Waals surface area contributed by atoms with Crippen LogP contribution >= 0.6 is 0 Å². The molecule has 10 nitrogen and oxygen atoms in total. The number of oxazole rings is 1. The second-order valence-electron chi connectivity index (χ2n) is 8.89. The molecule has 0 bridgehead atoms. The van der Waals surface area contributed by atoms with Crippen molar-refractivity contribution in [2.24, 2.45) is 0 Å². The molecule has 2 aromatic heterocycles. The predicted molar refractivity (Wildman–Crippen MR) is 124 cm³/mol. The number of hydrogen-bond donors (Lipinski definition) is 1. The van der Waals surface area contributed by atoms with Gasteiger partial charge in [0, 0.05) is 37.4 Å². The Morgan fingerprint density at radius 1 is 1.12 bits per heavy atom. The van der Waals surface area contributed by atoms with Gasteiger partial charge in [-0.3, -0.25) is 0 Å². The molecule has 1 aromatic carbocycles. The van der Waals surface area contributed by atoms with E-state index >= 15 is 0 Å². The molecule has 1 aliphatic heterocycles. The second-order valence-corrected chi connectivity index (χ2v) is 10.9. The zero-order valence-corrected chi connectivity index (χ0v) is 19.6. The number of carbonyl (C=O) groups is 1. The van der Waals surface area contributed by atoms with E-state index < -0.39 is 21.7 Å². The van der Waals surface area contributed by atoms with Crippen LogP contribution in [0.4, 0.5) is 10.5 Å². The number of ether oxygens (including phenoxy) is 1. The molecule has 0 aliphatic carbocycles. The van der Waals surface area contributed by atoms with Crippen molar-refractivity contribution in [3.05, 3.63) is 42.1 Å². The van der Waals surface area contributed by atoms with Crippen LogP contribution in [0.2, 0.25) is 0 Å². The van der Waals surface area contributed by atoms with Crippen LogP contribution in [-0.4, -0.2) is 65.5 Å². The van der Waals surface area contributed by atoms with Crippen molar-refractivity contribution in [1.82, 2.24) is 19.2 Å². The summed E-state index contributed by atoms with van der Waals surface area (Å²) in [5, 5.41) is 0. The van der Waals surface area contributed by atoms with Crippen LogP contribution in [0.25, 0.3) is 22.7 Å². The van der Waals surface area contributed by atoms with Crippen LogP contribution in [-0.2, 0) is 20.5 Å².